The Morgan fingerprint density at radius 1 is 0.962 bits per heavy atom. The van der Waals surface area contributed by atoms with Gasteiger partial charge in [0.1, 0.15) is 0 Å². The normalized spacial score (nSPS) is 14.1. The zero-order valence-electron chi connectivity index (χ0n) is 14.9. The molecule has 140 valence electrons. The average molecular weight is 358 g/mol. The van der Waals surface area contributed by atoms with E-state index in [4.69, 9.17) is 0 Å². The Morgan fingerprint density at radius 3 is 2.19 bits per heavy atom. The highest BCUT2D eigenvalue weighted by molar-refractivity contribution is 6.35. The summed E-state index contributed by atoms with van der Waals surface area (Å²) in [5.74, 6) is -2.03. The molecular formula is C19H26N4O3. The lowest BCUT2D eigenvalue weighted by Crippen LogP contribution is -2.42. The van der Waals surface area contributed by atoms with E-state index in [2.05, 4.69) is 27.4 Å². The second-order valence-corrected chi connectivity index (χ2v) is 6.18. The van der Waals surface area contributed by atoms with Crippen molar-refractivity contribution in [2.75, 3.05) is 36.4 Å². The van der Waals surface area contributed by atoms with Crippen LogP contribution in [0.1, 0.15) is 25.7 Å². The lowest BCUT2D eigenvalue weighted by atomic mass is 10.2. The van der Waals surface area contributed by atoms with Crippen LogP contribution in [0.25, 0.3) is 0 Å². The number of amides is 3. The van der Waals surface area contributed by atoms with Crippen LogP contribution in [-0.4, -0.2) is 43.9 Å². The van der Waals surface area contributed by atoms with E-state index >= 15 is 0 Å². The number of carbonyl (C=O) groups excluding carboxylic acids is 3. The standard InChI is InChI=1S/C19H26N4O3/c1-2-11-20-18(25)19(26)21-14-17(24)22-15-7-9-16(10-8-15)23-12-5-3-4-6-13-23/h2,7-10H,1,3-6,11-14H2,(H,20,25)(H,21,26)(H,22,24). The molecular weight excluding hydrogens is 332 g/mol. The SMILES string of the molecule is C=CCNC(=O)C(=O)NCC(=O)Nc1ccc(N2CCCCCC2)cc1. The van der Waals surface area contributed by atoms with Crippen molar-refractivity contribution >= 4 is 29.1 Å². The summed E-state index contributed by atoms with van der Waals surface area (Å²) in [5, 5.41) is 7.32. The molecule has 1 aromatic rings. The first-order valence-electron chi connectivity index (χ1n) is 8.92. The van der Waals surface area contributed by atoms with Crippen LogP contribution >= 0.6 is 0 Å². The maximum atomic E-state index is 11.9. The Bertz CT molecular complexity index is 635. The number of nitrogens with zero attached hydrogens (tertiary/aromatic N) is 1. The molecule has 0 saturated carbocycles. The molecule has 0 bridgehead atoms. The molecule has 0 atom stereocenters. The van der Waals surface area contributed by atoms with E-state index in [1.54, 1.807) is 0 Å². The summed E-state index contributed by atoms with van der Waals surface area (Å²) < 4.78 is 0. The quantitative estimate of drug-likeness (QED) is 0.530. The van der Waals surface area contributed by atoms with Crippen molar-refractivity contribution < 1.29 is 14.4 Å². The number of anilines is 2. The second-order valence-electron chi connectivity index (χ2n) is 6.18. The molecule has 0 unspecified atom stereocenters. The fourth-order valence-electron chi connectivity index (χ4n) is 2.78. The van der Waals surface area contributed by atoms with Gasteiger partial charge >= 0.3 is 11.8 Å². The predicted molar refractivity (Wildman–Crippen MR) is 102 cm³/mol. The van der Waals surface area contributed by atoms with Crippen molar-refractivity contribution in [3.8, 4) is 0 Å². The molecule has 0 aromatic heterocycles. The Kier molecular flexibility index (Phi) is 7.67. The van der Waals surface area contributed by atoms with E-state index < -0.39 is 17.7 Å². The summed E-state index contributed by atoms with van der Waals surface area (Å²) >= 11 is 0. The Labute approximate surface area is 153 Å². The average Bonchev–Trinajstić information content (AvgIpc) is 2.94. The van der Waals surface area contributed by atoms with Crippen LogP contribution in [0.4, 0.5) is 11.4 Å². The number of nitrogens with one attached hydrogen (secondary N) is 3. The van der Waals surface area contributed by atoms with Crippen LogP contribution in [0.15, 0.2) is 36.9 Å². The van der Waals surface area contributed by atoms with E-state index in [1.807, 2.05) is 24.3 Å². The predicted octanol–water partition coefficient (Wildman–Crippen LogP) is 1.42. The molecule has 26 heavy (non-hydrogen) atoms. The van der Waals surface area contributed by atoms with Crippen LogP contribution in [0.3, 0.4) is 0 Å². The first-order chi connectivity index (χ1) is 12.6. The largest absolute Gasteiger partial charge is 0.372 e. The molecule has 1 fully saturated rings. The third kappa shape index (κ3) is 6.23. The van der Waals surface area contributed by atoms with Gasteiger partial charge in [0.15, 0.2) is 0 Å². The third-order valence-corrected chi connectivity index (χ3v) is 4.14. The zero-order valence-corrected chi connectivity index (χ0v) is 14.9. The van der Waals surface area contributed by atoms with Gasteiger partial charge in [0, 0.05) is 31.0 Å². The summed E-state index contributed by atoms with van der Waals surface area (Å²) in [7, 11) is 0. The van der Waals surface area contributed by atoms with Gasteiger partial charge < -0.3 is 20.9 Å². The molecule has 1 aromatic carbocycles. The third-order valence-electron chi connectivity index (χ3n) is 4.14. The zero-order chi connectivity index (χ0) is 18.8. The Balaban J connectivity index is 1.78. The first kappa shape index (κ1) is 19.5. The minimum absolute atomic E-state index is 0.196. The van der Waals surface area contributed by atoms with Crippen molar-refractivity contribution in [2.45, 2.75) is 25.7 Å². The van der Waals surface area contributed by atoms with E-state index in [0.29, 0.717) is 5.69 Å². The minimum Gasteiger partial charge on any atom is -0.372 e. The van der Waals surface area contributed by atoms with Crippen LogP contribution in [-0.2, 0) is 14.4 Å². The molecule has 0 aliphatic carbocycles. The number of carbonyl (C=O) groups is 3. The van der Waals surface area contributed by atoms with Gasteiger partial charge in [-0.2, -0.15) is 0 Å². The number of hydrogen-bond donors (Lipinski definition) is 3. The van der Waals surface area contributed by atoms with Gasteiger partial charge in [-0.15, -0.1) is 6.58 Å². The molecule has 2 rings (SSSR count). The van der Waals surface area contributed by atoms with Gasteiger partial charge in [-0.05, 0) is 37.1 Å². The Hall–Kier alpha value is -2.83. The molecule has 3 N–H and O–H groups in total. The fraction of sp³-hybridized carbons (Fsp3) is 0.421. The number of hydrogen-bond acceptors (Lipinski definition) is 4. The van der Waals surface area contributed by atoms with Gasteiger partial charge in [0.05, 0.1) is 6.54 Å². The summed E-state index contributed by atoms with van der Waals surface area (Å²) in [6.07, 6.45) is 6.44. The molecule has 1 aliphatic rings. The van der Waals surface area contributed by atoms with E-state index in [0.717, 1.165) is 18.8 Å². The lowest BCUT2D eigenvalue weighted by molar-refractivity contribution is -0.139. The van der Waals surface area contributed by atoms with E-state index in [-0.39, 0.29) is 13.1 Å². The van der Waals surface area contributed by atoms with E-state index in [9.17, 15) is 14.4 Å². The molecule has 1 heterocycles. The molecule has 0 radical (unpaired) electrons. The lowest BCUT2D eigenvalue weighted by Gasteiger charge is -2.22. The van der Waals surface area contributed by atoms with Crippen molar-refractivity contribution in [3.05, 3.63) is 36.9 Å². The second kappa shape index (κ2) is 10.2. The molecule has 1 aliphatic heterocycles. The highest BCUT2D eigenvalue weighted by Gasteiger charge is 2.14. The summed E-state index contributed by atoms with van der Waals surface area (Å²) in [5.41, 5.74) is 1.80. The van der Waals surface area contributed by atoms with Crippen LogP contribution in [0.2, 0.25) is 0 Å². The molecule has 1 saturated heterocycles. The topological polar surface area (TPSA) is 90.5 Å². The van der Waals surface area contributed by atoms with Crippen molar-refractivity contribution in [1.29, 1.82) is 0 Å². The van der Waals surface area contributed by atoms with Gasteiger partial charge in [0.2, 0.25) is 5.91 Å². The smallest absolute Gasteiger partial charge is 0.309 e. The maximum absolute atomic E-state index is 11.9. The Morgan fingerprint density at radius 2 is 1.58 bits per heavy atom. The van der Waals surface area contributed by atoms with Crippen molar-refractivity contribution in [1.82, 2.24) is 10.6 Å². The van der Waals surface area contributed by atoms with Gasteiger partial charge in [-0.25, -0.2) is 0 Å². The van der Waals surface area contributed by atoms with Crippen LogP contribution < -0.4 is 20.9 Å². The molecule has 7 heteroatoms. The van der Waals surface area contributed by atoms with Crippen LogP contribution in [0.5, 0.6) is 0 Å². The monoisotopic (exact) mass is 358 g/mol. The van der Waals surface area contributed by atoms with Gasteiger partial charge in [0.25, 0.3) is 0 Å². The minimum atomic E-state index is -0.849. The summed E-state index contributed by atoms with van der Waals surface area (Å²) in [6.45, 7) is 5.49. The summed E-state index contributed by atoms with van der Waals surface area (Å²) in [4.78, 5) is 37.2. The fourth-order valence-corrected chi connectivity index (χ4v) is 2.78. The van der Waals surface area contributed by atoms with Gasteiger partial charge in [-0.3, -0.25) is 14.4 Å². The van der Waals surface area contributed by atoms with Crippen molar-refractivity contribution in [2.24, 2.45) is 0 Å². The number of benzene rings is 1. The van der Waals surface area contributed by atoms with Gasteiger partial charge in [-0.1, -0.05) is 18.9 Å². The van der Waals surface area contributed by atoms with Crippen molar-refractivity contribution in [3.63, 3.8) is 0 Å². The molecule has 0 spiro atoms. The van der Waals surface area contributed by atoms with Crippen LogP contribution in [0, 0.1) is 0 Å². The molecule has 7 nitrogen and oxygen atoms in total. The molecule has 3 amide bonds. The van der Waals surface area contributed by atoms with E-state index in [1.165, 1.54) is 31.8 Å². The first-order valence-corrected chi connectivity index (χ1v) is 8.92. The highest BCUT2D eigenvalue weighted by Crippen LogP contribution is 2.21. The summed E-state index contributed by atoms with van der Waals surface area (Å²) in [6, 6.07) is 7.66. The maximum Gasteiger partial charge on any atom is 0.309 e. The highest BCUT2D eigenvalue weighted by atomic mass is 16.2. The number of rotatable bonds is 6.